The quantitative estimate of drug-likeness (QED) is 0.133. The Morgan fingerprint density at radius 1 is 1.11 bits per heavy atom. The molecule has 0 aromatic carbocycles. The van der Waals surface area contributed by atoms with Crippen molar-refractivity contribution >= 4 is 5.97 Å². The molecule has 0 amide bonds. The first-order chi connectivity index (χ1) is 8.63. The molecule has 0 aliphatic rings. The van der Waals surface area contributed by atoms with E-state index in [2.05, 4.69) is 11.3 Å². The molecule has 19 heavy (non-hydrogen) atoms. The second kappa shape index (κ2) is 6.91. The van der Waals surface area contributed by atoms with Crippen LogP contribution in [0.3, 0.4) is 0 Å². The Morgan fingerprint density at radius 2 is 1.53 bits per heavy atom. The molecule has 0 saturated carbocycles. The molecule has 1 atom stereocenters. The Balaban J connectivity index is 4.59. The summed E-state index contributed by atoms with van der Waals surface area (Å²) in [5, 5.41) is 62.0. The monoisotopic (exact) mass is 282 g/mol. The van der Waals surface area contributed by atoms with Gasteiger partial charge in [-0.05, 0) is 0 Å². The van der Waals surface area contributed by atoms with Crippen molar-refractivity contribution in [3.63, 3.8) is 0 Å². The first-order valence-corrected chi connectivity index (χ1v) is 5.17. The van der Waals surface area contributed by atoms with Crippen molar-refractivity contribution in [2.75, 3.05) is 26.4 Å². The smallest absolute Gasteiger partial charge is 0.336 e. The molecule has 0 rings (SSSR count). The number of esters is 1. The SMILES string of the molecule is C=C(C(=O)OCC(CO)(CO)CO)C(O)C(O)(O)O. The summed E-state index contributed by atoms with van der Waals surface area (Å²) in [6.45, 7) is 0.383. The highest BCUT2D eigenvalue weighted by atomic mass is 16.7. The second-order valence-corrected chi connectivity index (χ2v) is 4.17. The van der Waals surface area contributed by atoms with Gasteiger partial charge >= 0.3 is 11.9 Å². The van der Waals surface area contributed by atoms with Gasteiger partial charge in [0.25, 0.3) is 0 Å². The average molecular weight is 282 g/mol. The Labute approximate surface area is 108 Å². The molecule has 0 fully saturated rings. The molecule has 0 aromatic rings. The van der Waals surface area contributed by atoms with Crippen LogP contribution in [0.2, 0.25) is 0 Å². The molecule has 0 aliphatic carbocycles. The Hall–Kier alpha value is -1.07. The maximum absolute atomic E-state index is 11.4. The molecule has 0 aliphatic heterocycles. The van der Waals surface area contributed by atoms with Gasteiger partial charge in [0.2, 0.25) is 0 Å². The van der Waals surface area contributed by atoms with E-state index in [1.807, 2.05) is 0 Å². The number of carbonyl (C=O) groups is 1. The van der Waals surface area contributed by atoms with Crippen LogP contribution in [0.1, 0.15) is 0 Å². The number of ether oxygens (including phenoxy) is 1. The van der Waals surface area contributed by atoms with Crippen molar-refractivity contribution in [1.82, 2.24) is 0 Å². The highest BCUT2D eigenvalue weighted by molar-refractivity contribution is 5.89. The summed E-state index contributed by atoms with van der Waals surface area (Å²) < 4.78 is 4.55. The molecule has 0 heterocycles. The molecule has 9 nitrogen and oxygen atoms in total. The van der Waals surface area contributed by atoms with Crippen LogP contribution in [0, 0.1) is 5.41 Å². The van der Waals surface area contributed by atoms with E-state index >= 15 is 0 Å². The third-order valence-corrected chi connectivity index (χ3v) is 2.47. The lowest BCUT2D eigenvalue weighted by molar-refractivity contribution is -0.346. The largest absolute Gasteiger partial charge is 0.461 e. The van der Waals surface area contributed by atoms with Crippen molar-refractivity contribution in [2.24, 2.45) is 5.41 Å². The first kappa shape index (κ1) is 17.9. The summed E-state index contributed by atoms with van der Waals surface area (Å²) in [5.74, 6) is -4.85. The van der Waals surface area contributed by atoms with E-state index in [0.29, 0.717) is 0 Å². The summed E-state index contributed by atoms with van der Waals surface area (Å²) >= 11 is 0. The summed E-state index contributed by atoms with van der Waals surface area (Å²) in [7, 11) is 0. The number of rotatable bonds is 8. The van der Waals surface area contributed by atoms with Crippen LogP contribution in [-0.4, -0.2) is 80.2 Å². The Kier molecular flexibility index (Phi) is 6.52. The molecule has 0 spiro atoms. The van der Waals surface area contributed by atoms with Crippen LogP contribution >= 0.6 is 0 Å². The van der Waals surface area contributed by atoms with Gasteiger partial charge in [-0.25, -0.2) is 4.79 Å². The molecule has 0 bridgehead atoms. The number of carbonyl (C=O) groups excluding carboxylic acids is 1. The lowest BCUT2D eigenvalue weighted by Crippen LogP contribution is -2.45. The van der Waals surface area contributed by atoms with Crippen LogP contribution in [0.15, 0.2) is 12.2 Å². The normalized spacial score (nSPS) is 14.1. The third kappa shape index (κ3) is 4.84. The van der Waals surface area contributed by atoms with E-state index in [-0.39, 0.29) is 0 Å². The zero-order chi connectivity index (χ0) is 15.3. The van der Waals surface area contributed by atoms with Gasteiger partial charge in [0.05, 0.1) is 30.8 Å². The third-order valence-electron chi connectivity index (χ3n) is 2.47. The van der Waals surface area contributed by atoms with E-state index in [1.54, 1.807) is 0 Å². The lowest BCUT2D eigenvalue weighted by Gasteiger charge is -2.27. The van der Waals surface area contributed by atoms with E-state index in [0.717, 1.165) is 0 Å². The molecule has 1 unspecified atom stereocenters. The van der Waals surface area contributed by atoms with Crippen molar-refractivity contribution < 1.29 is 45.3 Å². The molecule has 0 saturated heterocycles. The molecule has 0 aromatic heterocycles. The zero-order valence-corrected chi connectivity index (χ0v) is 10.1. The molecule has 0 radical (unpaired) electrons. The van der Waals surface area contributed by atoms with Gasteiger partial charge in [0.1, 0.15) is 6.61 Å². The number of aliphatic hydroxyl groups excluding tert-OH is 4. The average Bonchev–Trinajstić information content (AvgIpc) is 2.37. The zero-order valence-electron chi connectivity index (χ0n) is 10.1. The van der Waals surface area contributed by atoms with Gasteiger partial charge in [-0.3, -0.25) is 0 Å². The van der Waals surface area contributed by atoms with Gasteiger partial charge in [-0.2, -0.15) is 0 Å². The fraction of sp³-hybridized carbons (Fsp3) is 0.700. The molecule has 7 N–H and O–H groups in total. The van der Waals surface area contributed by atoms with Crippen molar-refractivity contribution in [2.45, 2.75) is 12.1 Å². The highest BCUT2D eigenvalue weighted by Gasteiger charge is 2.37. The van der Waals surface area contributed by atoms with Crippen molar-refractivity contribution in [1.29, 1.82) is 0 Å². The van der Waals surface area contributed by atoms with Gasteiger partial charge in [0.15, 0.2) is 6.10 Å². The number of aliphatic hydroxyl groups is 7. The summed E-state index contributed by atoms with van der Waals surface area (Å²) in [5.41, 5.74) is -2.33. The predicted molar refractivity (Wildman–Crippen MR) is 59.2 cm³/mol. The van der Waals surface area contributed by atoms with Crippen molar-refractivity contribution in [3.8, 4) is 0 Å². The van der Waals surface area contributed by atoms with Crippen LogP contribution in [0.4, 0.5) is 0 Å². The van der Waals surface area contributed by atoms with Crippen LogP contribution in [0.25, 0.3) is 0 Å². The van der Waals surface area contributed by atoms with Gasteiger partial charge in [-0.15, -0.1) is 0 Å². The number of hydrogen-bond donors (Lipinski definition) is 7. The lowest BCUT2D eigenvalue weighted by atomic mass is 9.92. The van der Waals surface area contributed by atoms with Crippen molar-refractivity contribution in [3.05, 3.63) is 12.2 Å². The minimum Gasteiger partial charge on any atom is -0.461 e. The Morgan fingerprint density at radius 3 is 1.84 bits per heavy atom. The molecular weight excluding hydrogens is 264 g/mol. The first-order valence-electron chi connectivity index (χ1n) is 5.17. The maximum Gasteiger partial charge on any atom is 0.336 e. The van der Waals surface area contributed by atoms with E-state index < -0.39 is 55.5 Å². The van der Waals surface area contributed by atoms with E-state index in [4.69, 9.17) is 35.7 Å². The van der Waals surface area contributed by atoms with Crippen LogP contribution in [-0.2, 0) is 9.53 Å². The molecule has 9 heteroatoms. The van der Waals surface area contributed by atoms with Gasteiger partial charge in [-0.1, -0.05) is 6.58 Å². The predicted octanol–water partition coefficient (Wildman–Crippen LogP) is -3.96. The Bertz CT molecular complexity index is 307. The van der Waals surface area contributed by atoms with Gasteiger partial charge in [0, 0.05) is 0 Å². The summed E-state index contributed by atoms with van der Waals surface area (Å²) in [4.78, 5) is 11.4. The number of hydrogen-bond acceptors (Lipinski definition) is 9. The second-order valence-electron chi connectivity index (χ2n) is 4.17. The van der Waals surface area contributed by atoms with Gasteiger partial charge < -0.3 is 40.5 Å². The molecule has 112 valence electrons. The maximum atomic E-state index is 11.4. The fourth-order valence-corrected chi connectivity index (χ4v) is 0.944. The summed E-state index contributed by atoms with van der Waals surface area (Å²) in [6, 6.07) is 0. The molecular formula is C10H18O9. The summed E-state index contributed by atoms with van der Waals surface area (Å²) in [6.07, 6.45) is -2.40. The topological polar surface area (TPSA) is 168 Å². The van der Waals surface area contributed by atoms with E-state index in [1.165, 1.54) is 0 Å². The fourth-order valence-electron chi connectivity index (χ4n) is 0.944. The van der Waals surface area contributed by atoms with E-state index in [9.17, 15) is 4.79 Å². The van der Waals surface area contributed by atoms with Crippen LogP contribution < -0.4 is 0 Å². The highest BCUT2D eigenvalue weighted by Crippen LogP contribution is 2.18. The standard InChI is InChI=1S/C10H18O9/c1-6(7(14)10(16,17)18)8(15)19-5-9(2-11,3-12)4-13/h7,11-14,16-18H,1-5H2. The minimum atomic E-state index is -3.56. The minimum absolute atomic E-state index is 0.601. The van der Waals surface area contributed by atoms with Crippen LogP contribution in [0.5, 0.6) is 0 Å².